The molecule has 0 spiro atoms. The second-order valence-electron chi connectivity index (χ2n) is 4.39. The number of rotatable bonds is 6. The maximum Gasteiger partial charge on any atom is 0.460 e. The number of carbonyl (C=O) groups excluding carboxylic acids is 1. The molecule has 0 aromatic rings. The Morgan fingerprint density at radius 1 is 0.833 bits per heavy atom. The molecular weight excluding hydrogens is 373 g/mol. The van der Waals surface area contributed by atoms with Gasteiger partial charge in [0.15, 0.2) is 0 Å². The molecule has 0 heterocycles. The number of ether oxygens (including phenoxy) is 1. The van der Waals surface area contributed by atoms with E-state index in [4.69, 9.17) is 0 Å². The fourth-order valence-corrected chi connectivity index (χ4v) is 1.25. The van der Waals surface area contributed by atoms with Gasteiger partial charge in [-0.3, -0.25) is 0 Å². The van der Waals surface area contributed by atoms with Gasteiger partial charge in [-0.05, 0) is 13.8 Å². The van der Waals surface area contributed by atoms with E-state index in [0.717, 1.165) is 6.92 Å². The molecule has 0 bridgehead atoms. The normalized spacial score (nSPS) is 15.5. The average molecular weight is 382 g/mol. The Labute approximate surface area is 127 Å². The Kier molecular flexibility index (Phi) is 5.97. The smallest absolute Gasteiger partial charge is 0.460 e. The van der Waals surface area contributed by atoms with Gasteiger partial charge in [0.1, 0.15) is 0 Å². The fraction of sp³-hybridized carbons (Fsp3) is 0.727. The maximum absolute atomic E-state index is 13.3. The van der Waals surface area contributed by atoms with Gasteiger partial charge in [0.2, 0.25) is 0 Å². The van der Waals surface area contributed by atoms with E-state index in [2.05, 4.69) is 4.74 Å². The summed E-state index contributed by atoms with van der Waals surface area (Å²) in [6.45, 7) is 1.12. The molecule has 142 valence electrons. The fourth-order valence-electron chi connectivity index (χ4n) is 1.25. The number of esters is 1. The summed E-state index contributed by atoms with van der Waals surface area (Å²) in [4.78, 5) is 11.0. The van der Waals surface area contributed by atoms with Crippen LogP contribution in [-0.4, -0.2) is 42.4 Å². The number of halogens is 11. The number of hydrogen-bond donors (Lipinski definition) is 0. The molecule has 0 aromatic carbocycles. The summed E-state index contributed by atoms with van der Waals surface area (Å²) < 4.78 is 143. The summed E-state index contributed by atoms with van der Waals surface area (Å²) in [6.07, 6.45) is -8.39. The van der Waals surface area contributed by atoms with Gasteiger partial charge in [-0.25, -0.2) is 4.79 Å². The van der Waals surface area contributed by atoms with Gasteiger partial charge < -0.3 is 4.74 Å². The maximum atomic E-state index is 13.3. The standard InChI is InChI=1S/C11H9F11O2/c1-3-24-6(23)5(2)4-7(12,13)8(14,15)9(16,17)10(18,19)11(20,21)22/h4H,3H2,1-2H3/b5-4+. The summed E-state index contributed by atoms with van der Waals surface area (Å²) in [5.41, 5.74) is -1.40. The lowest BCUT2D eigenvalue weighted by atomic mass is 9.96. The van der Waals surface area contributed by atoms with Crippen LogP contribution in [0.5, 0.6) is 0 Å². The first-order valence-electron chi connectivity index (χ1n) is 5.81. The van der Waals surface area contributed by atoms with Crippen molar-refractivity contribution < 1.29 is 57.8 Å². The zero-order valence-corrected chi connectivity index (χ0v) is 11.8. The second-order valence-corrected chi connectivity index (χ2v) is 4.39. The van der Waals surface area contributed by atoms with Crippen LogP contribution in [-0.2, 0) is 9.53 Å². The highest BCUT2D eigenvalue weighted by Gasteiger charge is 2.86. The van der Waals surface area contributed by atoms with Crippen LogP contribution in [0.15, 0.2) is 11.6 Å². The van der Waals surface area contributed by atoms with Gasteiger partial charge in [-0.15, -0.1) is 0 Å². The molecule has 0 saturated heterocycles. The topological polar surface area (TPSA) is 26.3 Å². The molecule has 2 nitrogen and oxygen atoms in total. The van der Waals surface area contributed by atoms with Crippen molar-refractivity contribution in [1.82, 2.24) is 0 Å². The van der Waals surface area contributed by atoms with Crippen molar-refractivity contribution in [2.24, 2.45) is 0 Å². The van der Waals surface area contributed by atoms with Crippen molar-refractivity contribution in [3.05, 3.63) is 11.6 Å². The van der Waals surface area contributed by atoms with Gasteiger partial charge in [-0.2, -0.15) is 48.3 Å². The molecule has 0 N–H and O–H groups in total. The Hall–Kier alpha value is -1.56. The van der Waals surface area contributed by atoms with Crippen LogP contribution < -0.4 is 0 Å². The molecule has 0 aliphatic rings. The first-order chi connectivity index (χ1) is 10.4. The number of alkyl halides is 11. The molecule has 0 aromatic heterocycles. The zero-order valence-electron chi connectivity index (χ0n) is 11.8. The van der Waals surface area contributed by atoms with Gasteiger partial charge >= 0.3 is 35.8 Å². The zero-order chi connectivity index (χ0) is 19.8. The molecule has 13 heteroatoms. The predicted octanol–water partition coefficient (Wildman–Crippen LogP) is 4.60. The van der Waals surface area contributed by atoms with Gasteiger partial charge in [-0.1, -0.05) is 0 Å². The largest absolute Gasteiger partial charge is 0.463 e. The lowest BCUT2D eigenvalue weighted by Gasteiger charge is -2.36. The van der Waals surface area contributed by atoms with Crippen molar-refractivity contribution >= 4 is 5.97 Å². The van der Waals surface area contributed by atoms with Crippen LogP contribution in [0.2, 0.25) is 0 Å². The summed E-state index contributed by atoms with van der Waals surface area (Å²) in [6, 6.07) is 0. The Morgan fingerprint density at radius 2 is 1.25 bits per heavy atom. The van der Waals surface area contributed by atoms with E-state index in [1.54, 1.807) is 0 Å². The van der Waals surface area contributed by atoms with Crippen LogP contribution in [0.25, 0.3) is 0 Å². The minimum Gasteiger partial charge on any atom is -0.463 e. The molecule has 0 fully saturated rings. The van der Waals surface area contributed by atoms with Gasteiger partial charge in [0.05, 0.1) is 6.61 Å². The summed E-state index contributed by atoms with van der Waals surface area (Å²) in [7, 11) is 0. The van der Waals surface area contributed by atoms with Crippen molar-refractivity contribution in [2.45, 2.75) is 43.7 Å². The number of hydrogen-bond acceptors (Lipinski definition) is 2. The highest BCUT2D eigenvalue weighted by molar-refractivity contribution is 5.87. The van der Waals surface area contributed by atoms with E-state index in [-0.39, 0.29) is 0 Å². The molecular formula is C11H9F11O2. The van der Waals surface area contributed by atoms with Crippen LogP contribution >= 0.6 is 0 Å². The minimum absolute atomic E-state index is 0.391. The number of allylic oxidation sites excluding steroid dienone is 1. The van der Waals surface area contributed by atoms with E-state index < -0.39 is 54.1 Å². The molecule has 0 saturated carbocycles. The summed E-state index contributed by atoms with van der Waals surface area (Å²) in [5, 5.41) is 0. The van der Waals surface area contributed by atoms with Crippen molar-refractivity contribution in [3.8, 4) is 0 Å². The van der Waals surface area contributed by atoms with Crippen LogP contribution in [0.4, 0.5) is 48.3 Å². The van der Waals surface area contributed by atoms with Gasteiger partial charge in [0.25, 0.3) is 0 Å². The summed E-state index contributed by atoms with van der Waals surface area (Å²) in [5.74, 6) is -30.0. The van der Waals surface area contributed by atoms with Crippen LogP contribution in [0.3, 0.4) is 0 Å². The van der Waals surface area contributed by atoms with Crippen LogP contribution in [0, 0.1) is 0 Å². The average Bonchev–Trinajstić information content (AvgIpc) is 2.36. The molecule has 0 amide bonds. The third-order valence-corrected chi connectivity index (χ3v) is 2.56. The minimum atomic E-state index is -7.51. The number of carbonyl (C=O) groups is 1. The Bertz CT molecular complexity index is 505. The van der Waals surface area contributed by atoms with E-state index in [9.17, 15) is 53.1 Å². The first kappa shape index (κ1) is 22.4. The SMILES string of the molecule is CCOC(=O)/C(C)=C/C(F)(F)C(F)(F)C(F)(F)C(F)(F)C(F)(F)F. The van der Waals surface area contributed by atoms with E-state index in [1.165, 1.54) is 0 Å². The third-order valence-electron chi connectivity index (χ3n) is 2.56. The third kappa shape index (κ3) is 3.58. The quantitative estimate of drug-likeness (QED) is 0.381. The predicted molar refractivity (Wildman–Crippen MR) is 56.2 cm³/mol. The second kappa shape index (κ2) is 6.39. The Morgan fingerprint density at radius 3 is 1.58 bits per heavy atom. The van der Waals surface area contributed by atoms with Gasteiger partial charge in [0, 0.05) is 11.6 Å². The van der Waals surface area contributed by atoms with Crippen LogP contribution in [0.1, 0.15) is 13.8 Å². The van der Waals surface area contributed by atoms with Crippen molar-refractivity contribution in [3.63, 3.8) is 0 Å². The molecule has 0 aliphatic heterocycles. The first-order valence-corrected chi connectivity index (χ1v) is 5.81. The van der Waals surface area contributed by atoms with Crippen molar-refractivity contribution in [2.75, 3.05) is 6.61 Å². The molecule has 0 aliphatic carbocycles. The molecule has 0 unspecified atom stereocenters. The monoisotopic (exact) mass is 382 g/mol. The highest BCUT2D eigenvalue weighted by Crippen LogP contribution is 2.57. The lowest BCUT2D eigenvalue weighted by molar-refractivity contribution is -0.417. The molecule has 0 rings (SSSR count). The van der Waals surface area contributed by atoms with Crippen molar-refractivity contribution in [1.29, 1.82) is 0 Å². The molecule has 0 atom stereocenters. The van der Waals surface area contributed by atoms with E-state index in [0.29, 0.717) is 6.92 Å². The lowest BCUT2D eigenvalue weighted by Crippen LogP contribution is -2.66. The molecule has 0 radical (unpaired) electrons. The Balaban J connectivity index is 6.03. The van der Waals surface area contributed by atoms with E-state index >= 15 is 0 Å². The molecule has 24 heavy (non-hydrogen) atoms. The summed E-state index contributed by atoms with van der Waals surface area (Å²) >= 11 is 0. The van der Waals surface area contributed by atoms with E-state index in [1.807, 2.05) is 0 Å². The highest BCUT2D eigenvalue weighted by atomic mass is 19.4.